The first-order valence-corrected chi connectivity index (χ1v) is 11.2. The Morgan fingerprint density at radius 2 is 1.85 bits per heavy atom. The van der Waals surface area contributed by atoms with E-state index in [0.29, 0.717) is 21.9 Å². The molecule has 27 heavy (non-hydrogen) atoms. The Kier molecular flexibility index (Phi) is 6.08. The molecule has 2 aromatic rings. The standard InChI is InChI=1S/C20H17ClINO3S/c1-13-11-16(22)8-10-19(13)27(25,26)23-18-9-7-15(21)12-17(18)20(24)14-5-3-2-4-6-14/h2-10,12-13,23H,11H2,1H3. The summed E-state index contributed by atoms with van der Waals surface area (Å²) in [7, 11) is -3.79. The summed E-state index contributed by atoms with van der Waals surface area (Å²) < 4.78 is 29.5. The van der Waals surface area contributed by atoms with E-state index in [4.69, 9.17) is 11.6 Å². The van der Waals surface area contributed by atoms with Crippen molar-refractivity contribution in [2.24, 2.45) is 5.92 Å². The molecule has 0 radical (unpaired) electrons. The van der Waals surface area contributed by atoms with Crippen LogP contribution in [0.1, 0.15) is 29.3 Å². The van der Waals surface area contributed by atoms with Gasteiger partial charge in [-0.15, -0.1) is 0 Å². The molecule has 2 aromatic carbocycles. The molecule has 4 nitrogen and oxygen atoms in total. The van der Waals surface area contributed by atoms with Crippen LogP contribution in [0.3, 0.4) is 0 Å². The molecular formula is C20H17ClINO3S. The normalized spacial score (nSPS) is 17.1. The predicted molar refractivity (Wildman–Crippen MR) is 118 cm³/mol. The summed E-state index contributed by atoms with van der Waals surface area (Å²) in [6.07, 6.45) is 4.09. The number of nitrogens with one attached hydrogen (secondary N) is 1. The average molecular weight is 514 g/mol. The van der Waals surface area contributed by atoms with Crippen LogP contribution in [0.4, 0.5) is 5.69 Å². The maximum atomic E-state index is 12.9. The van der Waals surface area contributed by atoms with Crippen molar-refractivity contribution in [1.29, 1.82) is 0 Å². The lowest BCUT2D eigenvalue weighted by atomic mass is 10.0. The first kappa shape index (κ1) is 20.1. The minimum absolute atomic E-state index is 0.139. The molecule has 0 aliphatic heterocycles. The minimum atomic E-state index is -3.79. The van der Waals surface area contributed by atoms with Crippen LogP contribution >= 0.6 is 34.2 Å². The van der Waals surface area contributed by atoms with Crippen LogP contribution in [0, 0.1) is 5.92 Å². The highest BCUT2D eigenvalue weighted by Gasteiger charge is 2.27. The second-order valence-corrected chi connectivity index (χ2v) is 9.78. The Labute approximate surface area is 177 Å². The van der Waals surface area contributed by atoms with E-state index < -0.39 is 10.0 Å². The Balaban J connectivity index is 2.00. The van der Waals surface area contributed by atoms with E-state index in [1.165, 1.54) is 12.1 Å². The summed E-state index contributed by atoms with van der Waals surface area (Å²) >= 11 is 8.26. The van der Waals surface area contributed by atoms with Crippen molar-refractivity contribution < 1.29 is 13.2 Å². The van der Waals surface area contributed by atoms with Gasteiger partial charge in [0.05, 0.1) is 10.6 Å². The predicted octanol–water partition coefficient (Wildman–Crippen LogP) is 5.56. The van der Waals surface area contributed by atoms with Crippen LogP contribution in [-0.4, -0.2) is 14.2 Å². The number of anilines is 1. The van der Waals surface area contributed by atoms with E-state index >= 15 is 0 Å². The van der Waals surface area contributed by atoms with Crippen LogP contribution < -0.4 is 4.72 Å². The summed E-state index contributed by atoms with van der Waals surface area (Å²) in [6.45, 7) is 1.87. The van der Waals surface area contributed by atoms with E-state index in [1.54, 1.807) is 42.5 Å². The van der Waals surface area contributed by atoms with Gasteiger partial charge in [-0.1, -0.05) is 54.9 Å². The molecule has 1 atom stereocenters. The molecule has 3 rings (SSSR count). The van der Waals surface area contributed by atoms with E-state index in [-0.39, 0.29) is 23.0 Å². The highest BCUT2D eigenvalue weighted by atomic mass is 127. The van der Waals surface area contributed by atoms with Crippen LogP contribution in [0.2, 0.25) is 5.02 Å². The SMILES string of the molecule is CC1CC(I)=CC=C1S(=O)(=O)Nc1ccc(Cl)cc1C(=O)c1ccccc1. The summed E-state index contributed by atoms with van der Waals surface area (Å²) in [6, 6.07) is 13.2. The maximum absolute atomic E-state index is 12.9. The van der Waals surface area contributed by atoms with E-state index in [0.717, 1.165) is 3.58 Å². The number of hydrogen-bond acceptors (Lipinski definition) is 3. The third kappa shape index (κ3) is 4.62. The number of halogens is 2. The molecule has 0 amide bonds. The largest absolute Gasteiger partial charge is 0.289 e. The molecule has 1 N–H and O–H groups in total. The molecule has 0 bridgehead atoms. The Bertz CT molecular complexity index is 1050. The number of rotatable bonds is 5. The quantitative estimate of drug-likeness (QED) is 0.421. The van der Waals surface area contributed by atoms with E-state index in [1.807, 2.05) is 13.0 Å². The van der Waals surface area contributed by atoms with Crippen molar-refractivity contribution in [2.45, 2.75) is 13.3 Å². The third-order valence-corrected chi connectivity index (χ3v) is 6.91. The van der Waals surface area contributed by atoms with Crippen molar-refractivity contribution in [3.8, 4) is 0 Å². The van der Waals surface area contributed by atoms with Gasteiger partial charge in [0.2, 0.25) is 0 Å². The van der Waals surface area contributed by atoms with Crippen LogP contribution in [0.15, 0.2) is 69.2 Å². The zero-order chi connectivity index (χ0) is 19.6. The highest BCUT2D eigenvalue weighted by molar-refractivity contribution is 14.1. The number of carbonyl (C=O) groups is 1. The molecule has 0 spiro atoms. The monoisotopic (exact) mass is 513 g/mol. The number of benzene rings is 2. The summed E-state index contributed by atoms with van der Waals surface area (Å²) in [5.41, 5.74) is 0.889. The van der Waals surface area contributed by atoms with Crippen molar-refractivity contribution in [1.82, 2.24) is 0 Å². The van der Waals surface area contributed by atoms with Gasteiger partial charge in [-0.2, -0.15) is 0 Å². The molecule has 7 heteroatoms. The number of carbonyl (C=O) groups excluding carboxylic acids is 1. The van der Waals surface area contributed by atoms with Gasteiger partial charge in [0.15, 0.2) is 5.78 Å². The van der Waals surface area contributed by atoms with Gasteiger partial charge in [-0.3, -0.25) is 9.52 Å². The van der Waals surface area contributed by atoms with Gasteiger partial charge in [-0.25, -0.2) is 8.42 Å². The van der Waals surface area contributed by atoms with E-state index in [9.17, 15) is 13.2 Å². The van der Waals surface area contributed by atoms with Crippen molar-refractivity contribution in [3.63, 3.8) is 0 Å². The summed E-state index contributed by atoms with van der Waals surface area (Å²) in [5, 5.41) is 0.361. The second-order valence-electron chi connectivity index (χ2n) is 6.28. The van der Waals surface area contributed by atoms with Crippen molar-refractivity contribution in [3.05, 3.63) is 85.3 Å². The lowest BCUT2D eigenvalue weighted by Gasteiger charge is -2.21. The minimum Gasteiger partial charge on any atom is -0.289 e. The molecular weight excluding hydrogens is 497 g/mol. The first-order valence-electron chi connectivity index (χ1n) is 8.26. The summed E-state index contributed by atoms with van der Waals surface area (Å²) in [4.78, 5) is 13.2. The molecule has 1 aliphatic carbocycles. The van der Waals surface area contributed by atoms with Gasteiger partial charge in [0, 0.05) is 16.1 Å². The van der Waals surface area contributed by atoms with Crippen LogP contribution in [0.25, 0.3) is 0 Å². The van der Waals surface area contributed by atoms with Gasteiger partial charge in [0.25, 0.3) is 10.0 Å². The Hall–Kier alpha value is -1.64. The fourth-order valence-corrected chi connectivity index (χ4v) is 5.35. The topological polar surface area (TPSA) is 63.2 Å². The third-order valence-electron chi connectivity index (χ3n) is 4.23. The lowest BCUT2D eigenvalue weighted by molar-refractivity contribution is 0.103. The molecule has 0 heterocycles. The molecule has 140 valence electrons. The first-order chi connectivity index (χ1) is 12.8. The fraction of sp³-hybridized carbons (Fsp3) is 0.150. The van der Waals surface area contributed by atoms with Gasteiger partial charge >= 0.3 is 0 Å². The zero-order valence-electron chi connectivity index (χ0n) is 14.4. The Morgan fingerprint density at radius 1 is 1.15 bits per heavy atom. The highest BCUT2D eigenvalue weighted by Crippen LogP contribution is 2.33. The molecule has 0 saturated carbocycles. The summed E-state index contributed by atoms with van der Waals surface area (Å²) in [5.74, 6) is -0.434. The van der Waals surface area contributed by atoms with E-state index in [2.05, 4.69) is 27.3 Å². The lowest BCUT2D eigenvalue weighted by Crippen LogP contribution is -2.22. The molecule has 0 aromatic heterocycles. The average Bonchev–Trinajstić information content (AvgIpc) is 2.63. The van der Waals surface area contributed by atoms with Gasteiger partial charge in [0.1, 0.15) is 0 Å². The number of ketones is 1. The van der Waals surface area contributed by atoms with Crippen LogP contribution in [0.5, 0.6) is 0 Å². The maximum Gasteiger partial charge on any atom is 0.258 e. The number of hydrogen-bond donors (Lipinski definition) is 1. The van der Waals surface area contributed by atoms with Crippen molar-refractivity contribution >= 4 is 55.7 Å². The smallest absolute Gasteiger partial charge is 0.258 e. The molecule has 0 fully saturated rings. The van der Waals surface area contributed by atoms with Crippen molar-refractivity contribution in [2.75, 3.05) is 4.72 Å². The fourth-order valence-electron chi connectivity index (χ4n) is 2.89. The molecule has 0 saturated heterocycles. The van der Waals surface area contributed by atoms with Crippen LogP contribution in [-0.2, 0) is 10.0 Å². The number of sulfonamides is 1. The van der Waals surface area contributed by atoms with Gasteiger partial charge < -0.3 is 0 Å². The molecule has 1 aliphatic rings. The second kappa shape index (κ2) is 8.16. The molecule has 1 unspecified atom stereocenters. The zero-order valence-corrected chi connectivity index (χ0v) is 18.2. The number of allylic oxidation sites excluding steroid dienone is 4. The van der Waals surface area contributed by atoms with Gasteiger partial charge in [-0.05, 0) is 62.8 Å². The Morgan fingerprint density at radius 3 is 2.52 bits per heavy atom.